The van der Waals surface area contributed by atoms with E-state index in [0.717, 1.165) is 0 Å². The van der Waals surface area contributed by atoms with Crippen LogP contribution in [0.25, 0.3) is 0 Å². The lowest BCUT2D eigenvalue weighted by atomic mass is 10.1. The number of nitrogens with zero attached hydrogens (tertiary/aromatic N) is 1. The molecule has 0 bridgehead atoms. The summed E-state index contributed by atoms with van der Waals surface area (Å²) in [5, 5.41) is 14.8. The molecule has 0 unspecified atom stereocenters. The number of rotatable bonds is 8. The minimum atomic E-state index is -0.631. The van der Waals surface area contributed by atoms with Gasteiger partial charge in [-0.15, -0.1) is 0 Å². The predicted molar refractivity (Wildman–Crippen MR) is 110 cm³/mol. The second-order valence-corrected chi connectivity index (χ2v) is 5.74. The van der Waals surface area contributed by atoms with Gasteiger partial charge in [0.05, 0.1) is 39.7 Å². The molecule has 0 aliphatic rings. The average Bonchev–Trinajstić information content (AvgIpc) is 2.78. The quantitative estimate of drug-likeness (QED) is 0.387. The third-order valence-corrected chi connectivity index (χ3v) is 4.01. The molecule has 2 N–H and O–H groups in total. The summed E-state index contributed by atoms with van der Waals surface area (Å²) in [7, 11) is 5.65. The highest BCUT2D eigenvalue weighted by Gasteiger charge is 2.18. The van der Waals surface area contributed by atoms with Gasteiger partial charge in [-0.3, -0.25) is 4.79 Å². The molecule has 0 aliphatic heterocycles. The first kappa shape index (κ1) is 22.1. The van der Waals surface area contributed by atoms with Crippen LogP contribution >= 0.6 is 0 Å². The van der Waals surface area contributed by atoms with Crippen molar-refractivity contribution in [1.29, 1.82) is 5.26 Å². The lowest BCUT2D eigenvalue weighted by molar-refractivity contribution is -0.112. The van der Waals surface area contributed by atoms with E-state index in [1.54, 1.807) is 24.3 Å². The molecule has 9 heteroatoms. The zero-order valence-corrected chi connectivity index (χ0v) is 16.9. The summed E-state index contributed by atoms with van der Waals surface area (Å²) in [5.74, 6) is 0.0465. The molecule has 0 radical (unpaired) electrons. The Morgan fingerprint density at radius 3 is 2.13 bits per heavy atom. The number of esters is 1. The van der Waals surface area contributed by atoms with Gasteiger partial charge in [0.15, 0.2) is 11.5 Å². The second kappa shape index (κ2) is 10.4. The number of carbonyl (C=O) groups is 2. The van der Waals surface area contributed by atoms with E-state index in [4.69, 9.17) is 18.9 Å². The summed E-state index contributed by atoms with van der Waals surface area (Å²) in [6.45, 7) is 0. The average molecular weight is 411 g/mol. The Kier molecular flexibility index (Phi) is 7.65. The SMILES string of the molecule is COC(=O)c1cc(OC)c(OC)cc1N/C=C(\C#N)C(=O)Nc1ccc(OC)cc1. The van der Waals surface area contributed by atoms with Crippen LogP contribution in [0, 0.1) is 11.3 Å². The maximum absolute atomic E-state index is 12.4. The van der Waals surface area contributed by atoms with Crippen molar-refractivity contribution < 1.29 is 28.5 Å². The Morgan fingerprint density at radius 1 is 0.967 bits per heavy atom. The Labute approximate surface area is 173 Å². The van der Waals surface area contributed by atoms with E-state index in [1.165, 1.54) is 46.8 Å². The zero-order chi connectivity index (χ0) is 22.1. The van der Waals surface area contributed by atoms with Crippen molar-refractivity contribution in [3.8, 4) is 23.3 Å². The highest BCUT2D eigenvalue weighted by atomic mass is 16.5. The van der Waals surface area contributed by atoms with Gasteiger partial charge in [-0.2, -0.15) is 5.26 Å². The molecule has 2 rings (SSSR count). The number of ether oxygens (including phenoxy) is 4. The topological polar surface area (TPSA) is 119 Å². The van der Waals surface area contributed by atoms with E-state index in [9.17, 15) is 14.9 Å². The highest BCUT2D eigenvalue weighted by molar-refractivity contribution is 6.07. The van der Waals surface area contributed by atoms with Gasteiger partial charge < -0.3 is 29.6 Å². The molecule has 156 valence electrons. The Bertz CT molecular complexity index is 993. The van der Waals surface area contributed by atoms with Gasteiger partial charge in [0.25, 0.3) is 5.91 Å². The van der Waals surface area contributed by atoms with Gasteiger partial charge in [0.1, 0.15) is 17.4 Å². The number of carbonyl (C=O) groups excluding carboxylic acids is 2. The number of methoxy groups -OCH3 is 4. The number of benzene rings is 2. The van der Waals surface area contributed by atoms with Crippen molar-refractivity contribution in [1.82, 2.24) is 0 Å². The molecule has 9 nitrogen and oxygen atoms in total. The van der Waals surface area contributed by atoms with E-state index in [1.807, 2.05) is 6.07 Å². The van der Waals surface area contributed by atoms with Crippen molar-refractivity contribution in [3.63, 3.8) is 0 Å². The van der Waals surface area contributed by atoms with Gasteiger partial charge in [-0.05, 0) is 24.3 Å². The number of hydrogen-bond donors (Lipinski definition) is 2. The van der Waals surface area contributed by atoms with Gasteiger partial charge >= 0.3 is 5.97 Å². The number of anilines is 2. The number of amides is 1. The maximum atomic E-state index is 12.4. The molecule has 0 atom stereocenters. The molecule has 0 aromatic heterocycles. The van der Waals surface area contributed by atoms with E-state index >= 15 is 0 Å². The van der Waals surface area contributed by atoms with Crippen molar-refractivity contribution in [2.45, 2.75) is 0 Å². The van der Waals surface area contributed by atoms with Gasteiger partial charge in [-0.1, -0.05) is 0 Å². The molecule has 0 saturated heterocycles. The van der Waals surface area contributed by atoms with Crippen LogP contribution in [0.15, 0.2) is 48.2 Å². The largest absolute Gasteiger partial charge is 0.497 e. The minimum Gasteiger partial charge on any atom is -0.497 e. The van der Waals surface area contributed by atoms with Crippen molar-refractivity contribution in [2.75, 3.05) is 39.1 Å². The molecule has 1 amide bonds. The normalized spacial score (nSPS) is 10.4. The standard InChI is InChI=1S/C21H21N3O6/c1-27-15-7-5-14(6-8-15)24-20(25)13(11-22)12-23-17-10-19(29-3)18(28-2)9-16(17)21(26)30-4/h5-10,12,23H,1-4H3,(H,24,25)/b13-12+. The Hall–Kier alpha value is -4.19. The lowest BCUT2D eigenvalue weighted by Crippen LogP contribution is -2.15. The summed E-state index contributed by atoms with van der Waals surface area (Å²) < 4.78 is 20.3. The fourth-order valence-electron chi connectivity index (χ4n) is 2.45. The minimum absolute atomic E-state index is 0.138. The second-order valence-electron chi connectivity index (χ2n) is 5.74. The maximum Gasteiger partial charge on any atom is 0.340 e. The molecular formula is C21H21N3O6. The van der Waals surface area contributed by atoms with Crippen LogP contribution < -0.4 is 24.8 Å². The smallest absolute Gasteiger partial charge is 0.340 e. The van der Waals surface area contributed by atoms with Gasteiger partial charge in [0.2, 0.25) is 0 Å². The molecule has 0 aliphatic carbocycles. The zero-order valence-electron chi connectivity index (χ0n) is 16.9. The molecule has 0 spiro atoms. The van der Waals surface area contributed by atoms with E-state index in [-0.39, 0.29) is 16.8 Å². The molecule has 2 aromatic carbocycles. The van der Waals surface area contributed by atoms with E-state index in [2.05, 4.69) is 10.6 Å². The first-order valence-corrected chi connectivity index (χ1v) is 8.63. The van der Waals surface area contributed by atoms with Crippen LogP contribution in [0.5, 0.6) is 17.2 Å². The molecule has 0 fully saturated rings. The van der Waals surface area contributed by atoms with E-state index < -0.39 is 11.9 Å². The summed E-state index contributed by atoms with van der Waals surface area (Å²) >= 11 is 0. The van der Waals surface area contributed by atoms with Crippen LogP contribution in [0.4, 0.5) is 11.4 Å². The van der Waals surface area contributed by atoms with Crippen molar-refractivity contribution >= 4 is 23.3 Å². The summed E-state index contributed by atoms with van der Waals surface area (Å²) in [6, 6.07) is 11.4. The van der Waals surface area contributed by atoms with Crippen LogP contribution in [-0.2, 0) is 9.53 Å². The Balaban J connectivity index is 2.28. The molecule has 0 saturated carbocycles. The summed E-state index contributed by atoms with van der Waals surface area (Å²) in [6.07, 6.45) is 1.19. The fourth-order valence-corrected chi connectivity index (χ4v) is 2.45. The first-order valence-electron chi connectivity index (χ1n) is 8.63. The summed E-state index contributed by atoms with van der Waals surface area (Å²) in [5.41, 5.74) is 0.684. The number of hydrogen-bond acceptors (Lipinski definition) is 8. The lowest BCUT2D eigenvalue weighted by Gasteiger charge is -2.14. The highest BCUT2D eigenvalue weighted by Crippen LogP contribution is 2.33. The van der Waals surface area contributed by atoms with Gasteiger partial charge in [-0.25, -0.2) is 4.79 Å². The van der Waals surface area contributed by atoms with E-state index in [0.29, 0.717) is 22.9 Å². The molecule has 0 heterocycles. The van der Waals surface area contributed by atoms with Crippen molar-refractivity contribution in [3.05, 3.63) is 53.7 Å². The summed E-state index contributed by atoms with van der Waals surface area (Å²) in [4.78, 5) is 24.5. The number of nitrogens with one attached hydrogen (secondary N) is 2. The van der Waals surface area contributed by atoms with Crippen LogP contribution in [0.3, 0.4) is 0 Å². The third kappa shape index (κ3) is 5.20. The monoisotopic (exact) mass is 411 g/mol. The molecule has 2 aromatic rings. The predicted octanol–water partition coefficient (Wildman–Crippen LogP) is 2.96. The van der Waals surface area contributed by atoms with Crippen LogP contribution in [-0.4, -0.2) is 40.3 Å². The third-order valence-electron chi connectivity index (χ3n) is 4.01. The van der Waals surface area contributed by atoms with Crippen molar-refractivity contribution in [2.24, 2.45) is 0 Å². The molecular weight excluding hydrogens is 390 g/mol. The number of nitriles is 1. The van der Waals surface area contributed by atoms with Crippen LogP contribution in [0.2, 0.25) is 0 Å². The van der Waals surface area contributed by atoms with Crippen LogP contribution in [0.1, 0.15) is 10.4 Å². The Morgan fingerprint density at radius 2 is 1.60 bits per heavy atom. The fraction of sp³-hybridized carbons (Fsp3) is 0.190. The molecule has 30 heavy (non-hydrogen) atoms. The first-order chi connectivity index (χ1) is 14.5. The van der Waals surface area contributed by atoms with Gasteiger partial charge in [0, 0.05) is 24.0 Å².